The smallest absolute Gasteiger partial charge is 0.260 e. The van der Waals surface area contributed by atoms with E-state index in [-0.39, 0.29) is 5.91 Å². The van der Waals surface area contributed by atoms with E-state index in [4.69, 9.17) is 9.72 Å². The predicted octanol–water partition coefficient (Wildman–Crippen LogP) is 4.35. The molecule has 1 aromatic heterocycles. The first-order valence-corrected chi connectivity index (χ1v) is 11.0. The molecule has 3 aromatic rings. The lowest BCUT2D eigenvalue weighted by Crippen LogP contribution is -2.43. The molecule has 2 aromatic carbocycles. The molecule has 0 radical (unpaired) electrons. The number of fused-ring (bicyclic) bond motifs is 1. The van der Waals surface area contributed by atoms with Crippen LogP contribution >= 0.6 is 27.3 Å². The van der Waals surface area contributed by atoms with Gasteiger partial charge in [-0.05, 0) is 37.3 Å². The summed E-state index contributed by atoms with van der Waals surface area (Å²) in [4.78, 5) is 22.3. The van der Waals surface area contributed by atoms with Gasteiger partial charge in [-0.25, -0.2) is 4.98 Å². The van der Waals surface area contributed by atoms with E-state index in [1.54, 1.807) is 11.3 Å². The SMILES string of the molecule is Cc1cccc(C(=O)N(CCN2CCOCC2)c2nc3ccc(Br)cc3s2)c1. The molecular weight excluding hydrogens is 438 g/mol. The Labute approximate surface area is 177 Å². The fourth-order valence-corrected chi connectivity index (χ4v) is 4.83. The van der Waals surface area contributed by atoms with Crippen molar-refractivity contribution in [3.8, 4) is 0 Å². The molecule has 0 spiro atoms. The summed E-state index contributed by atoms with van der Waals surface area (Å²) in [5, 5.41) is 0.743. The number of aryl methyl sites for hydroxylation is 1. The molecular formula is C21H22BrN3O2S. The van der Waals surface area contributed by atoms with Crippen molar-refractivity contribution < 1.29 is 9.53 Å². The summed E-state index contributed by atoms with van der Waals surface area (Å²) in [6, 6.07) is 13.8. The first-order chi connectivity index (χ1) is 13.6. The Kier molecular flexibility index (Phi) is 6.06. The molecule has 7 heteroatoms. The van der Waals surface area contributed by atoms with Gasteiger partial charge in [-0.2, -0.15) is 0 Å². The number of hydrogen-bond acceptors (Lipinski definition) is 5. The number of morpholine rings is 1. The summed E-state index contributed by atoms with van der Waals surface area (Å²) in [5.41, 5.74) is 2.69. The summed E-state index contributed by atoms with van der Waals surface area (Å²) >= 11 is 5.07. The van der Waals surface area contributed by atoms with Gasteiger partial charge in [-0.3, -0.25) is 14.6 Å². The van der Waals surface area contributed by atoms with Crippen LogP contribution in [0.1, 0.15) is 15.9 Å². The molecule has 1 saturated heterocycles. The van der Waals surface area contributed by atoms with Crippen LogP contribution in [0.5, 0.6) is 0 Å². The first-order valence-electron chi connectivity index (χ1n) is 9.35. The summed E-state index contributed by atoms with van der Waals surface area (Å²) in [6.45, 7) is 6.72. The maximum atomic E-state index is 13.4. The van der Waals surface area contributed by atoms with Gasteiger partial charge in [0.1, 0.15) is 0 Å². The molecule has 28 heavy (non-hydrogen) atoms. The molecule has 146 valence electrons. The Morgan fingerprint density at radius 1 is 1.25 bits per heavy atom. The zero-order valence-corrected chi connectivity index (χ0v) is 18.1. The van der Waals surface area contributed by atoms with Gasteiger partial charge in [0, 0.05) is 36.2 Å². The van der Waals surface area contributed by atoms with Gasteiger partial charge in [0.05, 0.1) is 23.4 Å². The summed E-state index contributed by atoms with van der Waals surface area (Å²) in [5.74, 6) is -0.00455. The average molecular weight is 460 g/mol. The van der Waals surface area contributed by atoms with Crippen molar-refractivity contribution in [3.05, 3.63) is 58.1 Å². The van der Waals surface area contributed by atoms with Gasteiger partial charge >= 0.3 is 0 Å². The van der Waals surface area contributed by atoms with Crippen LogP contribution in [0.25, 0.3) is 10.2 Å². The van der Waals surface area contributed by atoms with Crippen molar-refractivity contribution in [2.45, 2.75) is 6.92 Å². The number of anilines is 1. The summed E-state index contributed by atoms with van der Waals surface area (Å²) < 4.78 is 7.52. The second kappa shape index (κ2) is 8.69. The van der Waals surface area contributed by atoms with Gasteiger partial charge < -0.3 is 4.74 Å². The predicted molar refractivity (Wildman–Crippen MR) is 117 cm³/mol. The largest absolute Gasteiger partial charge is 0.379 e. The highest BCUT2D eigenvalue weighted by Crippen LogP contribution is 2.31. The fourth-order valence-electron chi connectivity index (χ4n) is 3.29. The van der Waals surface area contributed by atoms with Crippen LogP contribution in [-0.4, -0.2) is 55.2 Å². The molecule has 1 fully saturated rings. The van der Waals surface area contributed by atoms with E-state index in [1.807, 2.05) is 54.3 Å². The second-order valence-corrected chi connectivity index (χ2v) is 8.81. The van der Waals surface area contributed by atoms with E-state index in [1.165, 1.54) is 0 Å². The van der Waals surface area contributed by atoms with Crippen LogP contribution in [0, 0.1) is 6.92 Å². The molecule has 5 nitrogen and oxygen atoms in total. The number of benzene rings is 2. The Morgan fingerprint density at radius 3 is 2.86 bits per heavy atom. The van der Waals surface area contributed by atoms with E-state index in [9.17, 15) is 4.79 Å². The number of carbonyl (C=O) groups excluding carboxylic acids is 1. The van der Waals surface area contributed by atoms with Crippen molar-refractivity contribution in [1.29, 1.82) is 0 Å². The Bertz CT molecular complexity index is 985. The van der Waals surface area contributed by atoms with E-state index < -0.39 is 0 Å². The molecule has 0 unspecified atom stereocenters. The molecule has 0 N–H and O–H groups in total. The first kappa shape index (κ1) is 19.5. The van der Waals surface area contributed by atoms with E-state index in [2.05, 4.69) is 20.8 Å². The topological polar surface area (TPSA) is 45.7 Å². The van der Waals surface area contributed by atoms with Gasteiger partial charge in [-0.15, -0.1) is 0 Å². The zero-order valence-electron chi connectivity index (χ0n) is 15.7. The maximum absolute atomic E-state index is 13.4. The third kappa shape index (κ3) is 4.43. The van der Waals surface area contributed by atoms with Crippen LogP contribution in [0.4, 0.5) is 5.13 Å². The van der Waals surface area contributed by atoms with Crippen molar-refractivity contribution >= 4 is 48.5 Å². The molecule has 2 heterocycles. The zero-order chi connectivity index (χ0) is 19.5. The lowest BCUT2D eigenvalue weighted by molar-refractivity contribution is 0.0391. The molecule has 4 rings (SSSR count). The van der Waals surface area contributed by atoms with Crippen LogP contribution in [0.3, 0.4) is 0 Å². The number of carbonyl (C=O) groups is 1. The van der Waals surface area contributed by atoms with Crippen molar-refractivity contribution in [2.24, 2.45) is 0 Å². The number of amides is 1. The van der Waals surface area contributed by atoms with Crippen molar-refractivity contribution in [3.63, 3.8) is 0 Å². The number of hydrogen-bond donors (Lipinski definition) is 0. The Balaban J connectivity index is 1.63. The number of ether oxygens (including phenoxy) is 1. The molecule has 0 aliphatic carbocycles. The molecule has 1 aliphatic heterocycles. The third-order valence-corrected chi connectivity index (χ3v) is 6.36. The highest BCUT2D eigenvalue weighted by molar-refractivity contribution is 9.10. The average Bonchev–Trinajstić information content (AvgIpc) is 3.11. The second-order valence-electron chi connectivity index (χ2n) is 6.89. The number of halogens is 1. The molecule has 1 aliphatic rings. The lowest BCUT2D eigenvalue weighted by Gasteiger charge is -2.29. The molecule has 0 bridgehead atoms. The van der Waals surface area contributed by atoms with Gasteiger partial charge in [-0.1, -0.05) is 45.0 Å². The number of aromatic nitrogens is 1. The van der Waals surface area contributed by atoms with Crippen LogP contribution < -0.4 is 4.90 Å². The monoisotopic (exact) mass is 459 g/mol. The number of thiazole rings is 1. The van der Waals surface area contributed by atoms with E-state index in [0.717, 1.165) is 58.2 Å². The van der Waals surface area contributed by atoms with Crippen molar-refractivity contribution in [2.75, 3.05) is 44.3 Å². The minimum Gasteiger partial charge on any atom is -0.379 e. The minimum atomic E-state index is -0.00455. The highest BCUT2D eigenvalue weighted by atomic mass is 79.9. The molecule has 0 atom stereocenters. The standard InChI is InChI=1S/C21H22BrN3O2S/c1-15-3-2-4-16(13-15)20(26)25(8-7-24-9-11-27-12-10-24)21-23-18-6-5-17(22)14-19(18)28-21/h2-6,13-14H,7-12H2,1H3. The van der Waals surface area contributed by atoms with Crippen LogP contribution in [-0.2, 0) is 4.74 Å². The Hall–Kier alpha value is -1.80. The third-order valence-electron chi connectivity index (χ3n) is 4.82. The van der Waals surface area contributed by atoms with Gasteiger partial charge in [0.25, 0.3) is 5.91 Å². The number of nitrogens with zero attached hydrogens (tertiary/aromatic N) is 3. The van der Waals surface area contributed by atoms with Crippen LogP contribution in [0.15, 0.2) is 46.9 Å². The normalized spacial score (nSPS) is 15.1. The van der Waals surface area contributed by atoms with E-state index in [0.29, 0.717) is 12.1 Å². The number of rotatable bonds is 5. The summed E-state index contributed by atoms with van der Waals surface area (Å²) in [7, 11) is 0. The quantitative estimate of drug-likeness (QED) is 0.568. The minimum absolute atomic E-state index is 0.00455. The van der Waals surface area contributed by atoms with E-state index >= 15 is 0 Å². The molecule has 0 saturated carbocycles. The maximum Gasteiger partial charge on any atom is 0.260 e. The molecule has 1 amide bonds. The Morgan fingerprint density at radius 2 is 2.07 bits per heavy atom. The fraction of sp³-hybridized carbons (Fsp3) is 0.333. The highest BCUT2D eigenvalue weighted by Gasteiger charge is 2.23. The van der Waals surface area contributed by atoms with Crippen LogP contribution in [0.2, 0.25) is 0 Å². The summed E-state index contributed by atoms with van der Waals surface area (Å²) in [6.07, 6.45) is 0. The lowest BCUT2D eigenvalue weighted by atomic mass is 10.1. The van der Waals surface area contributed by atoms with Gasteiger partial charge in [0.2, 0.25) is 0 Å². The van der Waals surface area contributed by atoms with Gasteiger partial charge in [0.15, 0.2) is 5.13 Å². The van der Waals surface area contributed by atoms with Crippen molar-refractivity contribution in [1.82, 2.24) is 9.88 Å².